The number of aromatic nitrogens is 4. The molecule has 0 bridgehead atoms. The van der Waals surface area contributed by atoms with Gasteiger partial charge in [0, 0.05) is 6.42 Å². The Balaban J connectivity index is 1.64. The predicted octanol–water partition coefficient (Wildman–Crippen LogP) is -0.600. The molecule has 0 spiro atoms. The monoisotopic (exact) mass is 506 g/mol. The fourth-order valence-electron chi connectivity index (χ4n) is 2.59. The Kier molecular flexibility index (Phi) is 6.47. The van der Waals surface area contributed by atoms with Crippen molar-refractivity contribution in [1.29, 1.82) is 0 Å². The Labute approximate surface area is 166 Å². The number of rotatable bonds is 8. The molecule has 17 nitrogen and oxygen atoms in total. The normalized spacial score (nSPS) is 26.5. The minimum atomic E-state index is -5.64. The zero-order valence-corrected chi connectivity index (χ0v) is 17.3. The van der Waals surface area contributed by atoms with Gasteiger partial charge in [0.05, 0.1) is 19.0 Å². The van der Waals surface area contributed by atoms with Crippen molar-refractivity contribution in [1.82, 2.24) is 19.5 Å². The molecule has 1 aliphatic rings. The number of hydrogen-bond acceptors (Lipinski definition) is 12. The molecule has 168 valence electrons. The topological polar surface area (TPSA) is 259 Å². The maximum absolute atomic E-state index is 11.8. The molecular weight excluding hydrogens is 490 g/mol. The van der Waals surface area contributed by atoms with Gasteiger partial charge in [-0.2, -0.15) is 8.62 Å². The molecule has 30 heavy (non-hydrogen) atoms. The van der Waals surface area contributed by atoms with E-state index in [4.69, 9.17) is 25.2 Å². The lowest BCUT2D eigenvalue weighted by Crippen LogP contribution is -2.26. The lowest BCUT2D eigenvalue weighted by molar-refractivity contribution is -0.0423. The molecule has 0 radical (unpaired) electrons. The van der Waals surface area contributed by atoms with E-state index < -0.39 is 48.5 Å². The van der Waals surface area contributed by atoms with E-state index in [1.165, 1.54) is 17.2 Å². The van der Waals surface area contributed by atoms with Crippen LogP contribution >= 0.6 is 23.5 Å². The van der Waals surface area contributed by atoms with Crippen LogP contribution in [0.25, 0.3) is 11.2 Å². The van der Waals surface area contributed by atoms with E-state index in [1.54, 1.807) is 0 Å². The highest BCUT2D eigenvalue weighted by Gasteiger charge is 2.43. The Bertz CT molecular complexity index is 1070. The molecule has 3 heterocycles. The Morgan fingerprint density at radius 2 is 1.83 bits per heavy atom. The summed E-state index contributed by atoms with van der Waals surface area (Å²) in [6, 6.07) is 0. The summed E-state index contributed by atoms with van der Waals surface area (Å²) in [5, 5.41) is 10.1. The molecule has 0 amide bonds. The fourth-order valence-corrected chi connectivity index (χ4v) is 5.62. The van der Waals surface area contributed by atoms with Gasteiger partial charge < -0.3 is 35.2 Å². The van der Waals surface area contributed by atoms with Crippen LogP contribution in [0.3, 0.4) is 0 Å². The molecule has 2 unspecified atom stereocenters. The second-order valence-electron chi connectivity index (χ2n) is 5.90. The van der Waals surface area contributed by atoms with Gasteiger partial charge in [-0.05, 0) is 0 Å². The molecular formula is C10H16N5O12P3. The predicted molar refractivity (Wildman–Crippen MR) is 94.1 cm³/mol. The highest BCUT2D eigenvalue weighted by Crippen LogP contribution is 2.66. The zero-order valence-electron chi connectivity index (χ0n) is 14.6. The van der Waals surface area contributed by atoms with Crippen LogP contribution in [0.1, 0.15) is 12.6 Å². The highest BCUT2D eigenvalue weighted by atomic mass is 31.3. The van der Waals surface area contributed by atoms with Crippen molar-refractivity contribution < 1.29 is 56.3 Å². The smallest absolute Gasteiger partial charge is 0.390 e. The lowest BCUT2D eigenvalue weighted by Gasteiger charge is -2.19. The van der Waals surface area contributed by atoms with Crippen molar-refractivity contribution in [2.24, 2.45) is 0 Å². The van der Waals surface area contributed by atoms with Crippen LogP contribution in [0, 0.1) is 0 Å². The molecule has 2 aromatic rings. The highest BCUT2D eigenvalue weighted by molar-refractivity contribution is 7.66. The van der Waals surface area contributed by atoms with E-state index in [0.29, 0.717) is 11.2 Å². The molecule has 0 aromatic carbocycles. The van der Waals surface area contributed by atoms with E-state index in [-0.39, 0.29) is 12.2 Å². The third kappa shape index (κ3) is 5.68. The van der Waals surface area contributed by atoms with Gasteiger partial charge >= 0.3 is 23.5 Å². The van der Waals surface area contributed by atoms with Gasteiger partial charge in [0.15, 0.2) is 11.5 Å². The molecule has 3 rings (SSSR count). The van der Waals surface area contributed by atoms with E-state index in [0.717, 1.165) is 0 Å². The van der Waals surface area contributed by atoms with Gasteiger partial charge in [0.25, 0.3) is 0 Å². The molecule has 1 aliphatic heterocycles. The number of phosphoric acid groups is 3. The van der Waals surface area contributed by atoms with Crippen LogP contribution in [0.2, 0.25) is 0 Å². The molecule has 7 N–H and O–H groups in total. The van der Waals surface area contributed by atoms with Crippen molar-refractivity contribution in [2.75, 3.05) is 12.3 Å². The number of nitrogens with two attached hydrogens (primary N) is 1. The van der Waals surface area contributed by atoms with Crippen molar-refractivity contribution in [3.63, 3.8) is 0 Å². The average Bonchev–Trinajstić information content (AvgIpc) is 3.14. The summed E-state index contributed by atoms with van der Waals surface area (Å²) < 4.78 is 52.3. The van der Waals surface area contributed by atoms with Crippen LogP contribution in [0.15, 0.2) is 12.7 Å². The number of aliphatic hydroxyl groups is 1. The number of ether oxygens (including phenoxy) is 1. The number of fused-ring (bicyclic) bond motifs is 1. The summed E-state index contributed by atoms with van der Waals surface area (Å²) >= 11 is 0. The Morgan fingerprint density at radius 3 is 2.50 bits per heavy atom. The van der Waals surface area contributed by atoms with Gasteiger partial charge in [-0.1, -0.05) is 0 Å². The van der Waals surface area contributed by atoms with E-state index in [2.05, 4.69) is 28.1 Å². The molecule has 0 aliphatic carbocycles. The third-order valence-electron chi connectivity index (χ3n) is 3.72. The largest absolute Gasteiger partial charge is 0.490 e. The Morgan fingerprint density at radius 1 is 1.13 bits per heavy atom. The summed E-state index contributed by atoms with van der Waals surface area (Å²) in [6.07, 6.45) is -0.643. The lowest BCUT2D eigenvalue weighted by atomic mass is 11.1. The van der Waals surface area contributed by atoms with E-state index >= 15 is 0 Å². The van der Waals surface area contributed by atoms with Crippen LogP contribution < -0.4 is 5.73 Å². The summed E-state index contributed by atoms with van der Waals surface area (Å²) in [6.45, 7) is -0.787. The maximum Gasteiger partial charge on any atom is 0.490 e. The average molecular weight is 506 g/mol. The SMILES string of the molecule is [15NH2][13c]1[15n][13cH][15n][13c]2[13c]1[15n][13cH][15n]2[13C@H]1[13CH2][13C@H](O)[13C@@H]([13CH2]OP(=O)(O)OP(=O)(O)OP(=O)(O)O)O1. The number of anilines is 1. The number of nitrogen functional groups attached to an aromatic ring is 1. The molecule has 1 fully saturated rings. The summed E-state index contributed by atoms with van der Waals surface area (Å²) in [5.41, 5.74) is 6.31. The standard InChI is InChI=1S/C10H16N5O12P3/c11-9-8-10(13-3-12-9)15(4-14-8)7-1-5(16)6(25-7)2-24-29(20,21)27-30(22,23)26-28(17,18)19/h3-7,16H,1-2H2,(H,20,21)(H,22,23)(H2,11,12,13)(H2,17,18,19)/t5-,6+,7+/m0/s1/i1+1,2+1,3+1,4+1,5+1,6+1,7+1,8+1,9+1,10+1,11+1,12+1,13+1,14+1,15+1. The number of nitrogens with zero attached hydrogens (tertiary/aromatic N) is 4. The van der Waals surface area contributed by atoms with Gasteiger partial charge in [0.2, 0.25) is 0 Å². The quantitative estimate of drug-likeness (QED) is 0.148. The van der Waals surface area contributed by atoms with Gasteiger partial charge in [-0.15, -0.1) is 0 Å². The molecule has 2 aromatic heterocycles. The second kappa shape index (κ2) is 8.31. The van der Waals surface area contributed by atoms with Crippen LogP contribution in [0.4, 0.5) is 5.82 Å². The summed E-state index contributed by atoms with van der Waals surface area (Å²) in [4.78, 5) is 47.4. The number of hydrogen-bond donors (Lipinski definition) is 6. The number of imidazole rings is 1. The van der Waals surface area contributed by atoms with Crippen LogP contribution in [0.5, 0.6) is 0 Å². The first-order chi connectivity index (χ1) is 13.8. The summed E-state index contributed by atoms with van der Waals surface area (Å²) in [5.74, 6) is 0.126. The van der Waals surface area contributed by atoms with Crippen LogP contribution in [-0.2, 0) is 31.6 Å². The number of phosphoric ester groups is 1. The molecule has 5 atom stereocenters. The van der Waals surface area contributed by atoms with Crippen molar-refractivity contribution in [2.45, 2.75) is 24.9 Å². The molecule has 1 saturated heterocycles. The van der Waals surface area contributed by atoms with Crippen LogP contribution in [-0.4, -0.2) is 63.0 Å². The summed E-state index contributed by atoms with van der Waals surface area (Å²) in [7, 11) is -16.5. The Hall–Kier alpha value is -1.32. The maximum atomic E-state index is 11.8. The molecule has 0 saturated carbocycles. The van der Waals surface area contributed by atoms with Gasteiger partial charge in [-0.3, -0.25) is 9.09 Å². The first-order valence-corrected chi connectivity index (χ1v) is 12.3. The van der Waals surface area contributed by atoms with Gasteiger partial charge in [0.1, 0.15) is 24.2 Å². The van der Waals surface area contributed by atoms with Gasteiger partial charge in [-0.25, -0.2) is 28.6 Å². The zero-order chi connectivity index (χ0) is 22.3. The van der Waals surface area contributed by atoms with Crippen molar-refractivity contribution >= 4 is 40.4 Å². The second-order valence-corrected chi connectivity index (χ2v) is 10.3. The minimum Gasteiger partial charge on any atom is -0.390 e. The van der Waals surface area contributed by atoms with Crippen molar-refractivity contribution in [3.05, 3.63) is 12.7 Å². The first-order valence-electron chi connectivity index (χ1n) is 7.81. The number of aliphatic hydroxyl groups excluding tert-OH is 1. The van der Waals surface area contributed by atoms with Crippen molar-refractivity contribution in [3.8, 4) is 0 Å². The third-order valence-corrected chi connectivity index (χ3v) is 7.52. The first kappa shape index (κ1) is 23.3. The van der Waals surface area contributed by atoms with E-state index in [9.17, 15) is 23.7 Å². The fraction of sp³-hybridized carbons (Fsp3) is 0.500. The minimum absolute atomic E-state index is 0.000206. The van der Waals surface area contributed by atoms with E-state index in [1.807, 2.05) is 0 Å². The molecule has 20 heteroatoms.